The highest BCUT2D eigenvalue weighted by Crippen LogP contribution is 2.40. The van der Waals surface area contributed by atoms with Crippen molar-refractivity contribution < 1.29 is 9.32 Å². The Morgan fingerprint density at radius 2 is 2.30 bits per heavy atom. The Morgan fingerprint density at radius 3 is 3.00 bits per heavy atom. The second kappa shape index (κ2) is 4.78. The molecule has 0 amide bonds. The van der Waals surface area contributed by atoms with Crippen LogP contribution >= 0.6 is 0 Å². The number of nitriles is 1. The van der Waals surface area contributed by atoms with E-state index in [2.05, 4.69) is 5.16 Å². The fourth-order valence-corrected chi connectivity index (χ4v) is 1.94. The molecule has 0 spiro atoms. The standard InChI is InChI=1S/C14H11N3O3/c15-6-9-1-4-14(19)17(7-9)8-12(18)11-5-13(20-16-11)10-2-3-10/h1,4-5,7,10H,2-3,8H2. The normalized spacial score (nSPS) is 13.9. The Kier molecular flexibility index (Phi) is 2.95. The van der Waals surface area contributed by atoms with E-state index in [9.17, 15) is 9.59 Å². The maximum atomic E-state index is 12.1. The van der Waals surface area contributed by atoms with E-state index >= 15 is 0 Å². The van der Waals surface area contributed by atoms with Crippen LogP contribution in [-0.4, -0.2) is 15.5 Å². The highest BCUT2D eigenvalue weighted by Gasteiger charge is 2.28. The number of aromatic nitrogens is 2. The van der Waals surface area contributed by atoms with Crippen LogP contribution in [0.1, 0.15) is 40.6 Å². The summed E-state index contributed by atoms with van der Waals surface area (Å²) >= 11 is 0. The predicted octanol–water partition coefficient (Wildman–Crippen LogP) is 1.47. The molecule has 3 rings (SSSR count). The molecule has 1 saturated carbocycles. The summed E-state index contributed by atoms with van der Waals surface area (Å²) in [6.07, 6.45) is 3.49. The highest BCUT2D eigenvalue weighted by atomic mass is 16.5. The molecule has 1 fully saturated rings. The molecule has 0 bridgehead atoms. The van der Waals surface area contributed by atoms with Gasteiger partial charge in [-0.3, -0.25) is 9.59 Å². The van der Waals surface area contributed by atoms with Crippen LogP contribution in [0.2, 0.25) is 0 Å². The van der Waals surface area contributed by atoms with Crippen molar-refractivity contribution in [1.29, 1.82) is 5.26 Å². The summed E-state index contributed by atoms with van der Waals surface area (Å²) in [5.41, 5.74) is 0.223. The number of rotatable bonds is 4. The third-order valence-electron chi connectivity index (χ3n) is 3.22. The molecule has 0 aromatic carbocycles. The number of hydrogen-bond acceptors (Lipinski definition) is 5. The summed E-state index contributed by atoms with van der Waals surface area (Å²) in [5, 5.41) is 12.5. The van der Waals surface area contributed by atoms with E-state index in [4.69, 9.17) is 9.78 Å². The Bertz CT molecular complexity index is 762. The first kappa shape index (κ1) is 12.4. The molecule has 1 aliphatic carbocycles. The fraction of sp³-hybridized carbons (Fsp3) is 0.286. The molecule has 0 N–H and O–H groups in total. The largest absolute Gasteiger partial charge is 0.360 e. The zero-order chi connectivity index (χ0) is 14.1. The lowest BCUT2D eigenvalue weighted by Gasteiger charge is -2.02. The Balaban J connectivity index is 1.81. The van der Waals surface area contributed by atoms with Crippen molar-refractivity contribution in [3.8, 4) is 6.07 Å². The summed E-state index contributed by atoms with van der Waals surface area (Å²) in [7, 11) is 0. The first-order chi connectivity index (χ1) is 9.67. The van der Waals surface area contributed by atoms with Gasteiger partial charge in [-0.15, -0.1) is 0 Å². The smallest absolute Gasteiger partial charge is 0.251 e. The molecular weight excluding hydrogens is 258 g/mol. The summed E-state index contributed by atoms with van der Waals surface area (Å²) < 4.78 is 6.31. The fourth-order valence-electron chi connectivity index (χ4n) is 1.94. The SMILES string of the molecule is N#Cc1ccc(=O)n(CC(=O)c2cc(C3CC3)on2)c1. The van der Waals surface area contributed by atoms with Gasteiger partial charge >= 0.3 is 0 Å². The maximum absolute atomic E-state index is 12.1. The van der Waals surface area contributed by atoms with Gasteiger partial charge in [0.05, 0.1) is 12.1 Å². The van der Waals surface area contributed by atoms with E-state index in [0.29, 0.717) is 11.5 Å². The van der Waals surface area contributed by atoms with Gasteiger partial charge in [-0.05, 0) is 18.9 Å². The van der Waals surface area contributed by atoms with Crippen molar-refractivity contribution in [2.24, 2.45) is 0 Å². The number of Topliss-reactive ketones (excluding diaryl/α,β-unsaturated/α-hetero) is 1. The van der Waals surface area contributed by atoms with E-state index in [1.165, 1.54) is 22.9 Å². The Morgan fingerprint density at radius 1 is 1.50 bits per heavy atom. The Labute approximate surface area is 114 Å². The number of carbonyl (C=O) groups is 1. The molecule has 0 aliphatic heterocycles. The third kappa shape index (κ3) is 2.38. The highest BCUT2D eigenvalue weighted by molar-refractivity contribution is 5.94. The van der Waals surface area contributed by atoms with Crippen molar-refractivity contribution in [2.45, 2.75) is 25.3 Å². The lowest BCUT2D eigenvalue weighted by Crippen LogP contribution is -2.23. The quantitative estimate of drug-likeness (QED) is 0.784. The average molecular weight is 269 g/mol. The van der Waals surface area contributed by atoms with Crippen LogP contribution in [0.3, 0.4) is 0 Å². The molecule has 2 aromatic heterocycles. The second-order valence-corrected chi connectivity index (χ2v) is 4.81. The number of hydrogen-bond donors (Lipinski definition) is 0. The van der Waals surface area contributed by atoms with Gasteiger partial charge in [0.25, 0.3) is 5.56 Å². The summed E-state index contributed by atoms with van der Waals surface area (Å²) in [6.45, 7) is -0.148. The van der Waals surface area contributed by atoms with Crippen molar-refractivity contribution >= 4 is 5.78 Å². The molecule has 2 aromatic rings. The predicted molar refractivity (Wildman–Crippen MR) is 68.2 cm³/mol. The molecule has 6 heteroatoms. The Hall–Kier alpha value is -2.68. The molecule has 0 atom stereocenters. The number of nitrogens with zero attached hydrogens (tertiary/aromatic N) is 3. The van der Waals surface area contributed by atoms with Crippen LogP contribution in [0.15, 0.2) is 33.7 Å². The zero-order valence-corrected chi connectivity index (χ0v) is 10.6. The van der Waals surface area contributed by atoms with E-state index in [0.717, 1.165) is 18.6 Å². The van der Waals surface area contributed by atoms with Crippen molar-refractivity contribution in [1.82, 2.24) is 9.72 Å². The molecular formula is C14H11N3O3. The zero-order valence-electron chi connectivity index (χ0n) is 10.6. The number of carbonyl (C=O) groups excluding carboxylic acids is 1. The van der Waals surface area contributed by atoms with Crippen LogP contribution < -0.4 is 5.56 Å². The third-order valence-corrected chi connectivity index (χ3v) is 3.22. The maximum Gasteiger partial charge on any atom is 0.251 e. The molecule has 6 nitrogen and oxygen atoms in total. The molecule has 0 radical (unpaired) electrons. The van der Waals surface area contributed by atoms with E-state index < -0.39 is 0 Å². The van der Waals surface area contributed by atoms with Crippen LogP contribution in [0.25, 0.3) is 0 Å². The van der Waals surface area contributed by atoms with E-state index in [1.54, 1.807) is 6.07 Å². The first-order valence-electron chi connectivity index (χ1n) is 6.28. The van der Waals surface area contributed by atoms with Crippen LogP contribution in [0.4, 0.5) is 0 Å². The van der Waals surface area contributed by atoms with Gasteiger partial charge < -0.3 is 9.09 Å². The van der Waals surface area contributed by atoms with Gasteiger partial charge in [0, 0.05) is 24.2 Å². The van der Waals surface area contributed by atoms with Gasteiger partial charge in [0.15, 0.2) is 5.69 Å². The van der Waals surface area contributed by atoms with E-state index in [1.807, 2.05) is 6.07 Å². The average Bonchev–Trinajstić information content (AvgIpc) is 3.18. The van der Waals surface area contributed by atoms with Crippen LogP contribution in [0.5, 0.6) is 0 Å². The van der Waals surface area contributed by atoms with Gasteiger partial charge in [-0.1, -0.05) is 5.16 Å². The summed E-state index contributed by atoms with van der Waals surface area (Å²) in [5.74, 6) is 0.804. The lowest BCUT2D eigenvalue weighted by atomic mass is 10.2. The van der Waals surface area contributed by atoms with Gasteiger partial charge in [0.1, 0.15) is 11.8 Å². The molecule has 0 saturated heterocycles. The van der Waals surface area contributed by atoms with Crippen LogP contribution in [0, 0.1) is 11.3 Å². The van der Waals surface area contributed by atoms with Crippen molar-refractivity contribution in [3.63, 3.8) is 0 Å². The molecule has 1 aliphatic rings. The van der Waals surface area contributed by atoms with E-state index in [-0.39, 0.29) is 23.6 Å². The topological polar surface area (TPSA) is 88.9 Å². The minimum Gasteiger partial charge on any atom is -0.360 e. The summed E-state index contributed by atoms with van der Waals surface area (Å²) in [4.78, 5) is 23.7. The second-order valence-electron chi connectivity index (χ2n) is 4.81. The van der Waals surface area contributed by atoms with Gasteiger partial charge in [-0.25, -0.2) is 0 Å². The molecule has 20 heavy (non-hydrogen) atoms. The monoisotopic (exact) mass is 269 g/mol. The van der Waals surface area contributed by atoms with Gasteiger partial charge in [0.2, 0.25) is 5.78 Å². The molecule has 2 heterocycles. The van der Waals surface area contributed by atoms with Crippen LogP contribution in [-0.2, 0) is 6.54 Å². The number of pyridine rings is 1. The summed E-state index contributed by atoms with van der Waals surface area (Å²) in [6, 6.07) is 6.26. The minimum atomic E-state index is -0.330. The first-order valence-corrected chi connectivity index (χ1v) is 6.28. The lowest BCUT2D eigenvalue weighted by molar-refractivity contribution is 0.0962. The molecule has 0 unspecified atom stereocenters. The van der Waals surface area contributed by atoms with Crippen molar-refractivity contribution in [3.05, 3.63) is 51.8 Å². The minimum absolute atomic E-state index is 0.148. The van der Waals surface area contributed by atoms with Crippen molar-refractivity contribution in [2.75, 3.05) is 0 Å². The molecule has 100 valence electrons. The number of ketones is 1. The van der Waals surface area contributed by atoms with Gasteiger partial charge in [-0.2, -0.15) is 5.26 Å².